The minimum Gasteiger partial charge on any atom is -0.371 e. The standard InChI is InChI=1S/C14H24N2O2/c1-6-11-9-12(16(8-3)15-11)10-13(17)14(4,7-2)18-5/h9H,6-8,10H2,1-5H3. The van der Waals surface area contributed by atoms with Gasteiger partial charge in [0.15, 0.2) is 5.78 Å². The molecular formula is C14H24N2O2. The van der Waals surface area contributed by atoms with E-state index in [9.17, 15) is 4.79 Å². The van der Waals surface area contributed by atoms with Gasteiger partial charge in [-0.1, -0.05) is 13.8 Å². The molecule has 102 valence electrons. The number of ether oxygens (including phenoxy) is 1. The third-order valence-electron chi connectivity index (χ3n) is 3.63. The summed E-state index contributed by atoms with van der Waals surface area (Å²) in [5.41, 5.74) is 1.33. The lowest BCUT2D eigenvalue weighted by Gasteiger charge is -2.24. The highest BCUT2D eigenvalue weighted by atomic mass is 16.5. The number of carbonyl (C=O) groups excluding carboxylic acids is 1. The minimum absolute atomic E-state index is 0.116. The van der Waals surface area contributed by atoms with Crippen molar-refractivity contribution in [1.82, 2.24) is 9.78 Å². The maximum atomic E-state index is 12.3. The molecule has 0 spiro atoms. The Labute approximate surface area is 109 Å². The molecule has 0 saturated carbocycles. The van der Waals surface area contributed by atoms with Crippen LogP contribution in [0.15, 0.2) is 6.07 Å². The lowest BCUT2D eigenvalue weighted by molar-refractivity contribution is -0.138. The number of carbonyl (C=O) groups is 1. The van der Waals surface area contributed by atoms with Gasteiger partial charge in [-0.05, 0) is 32.8 Å². The average Bonchev–Trinajstić information content (AvgIpc) is 2.79. The second-order valence-electron chi connectivity index (χ2n) is 4.68. The first-order valence-electron chi connectivity index (χ1n) is 6.64. The first-order chi connectivity index (χ1) is 8.50. The van der Waals surface area contributed by atoms with Gasteiger partial charge in [0.1, 0.15) is 5.60 Å². The third-order valence-corrected chi connectivity index (χ3v) is 3.63. The molecule has 1 aromatic heterocycles. The number of aryl methyl sites for hydroxylation is 2. The molecule has 1 aromatic rings. The van der Waals surface area contributed by atoms with Crippen LogP contribution >= 0.6 is 0 Å². The Balaban J connectivity index is 2.90. The van der Waals surface area contributed by atoms with Crippen molar-refractivity contribution in [3.05, 3.63) is 17.5 Å². The second-order valence-corrected chi connectivity index (χ2v) is 4.68. The van der Waals surface area contributed by atoms with Crippen LogP contribution in [0.25, 0.3) is 0 Å². The van der Waals surface area contributed by atoms with Gasteiger partial charge in [0.2, 0.25) is 0 Å². The molecule has 18 heavy (non-hydrogen) atoms. The van der Waals surface area contributed by atoms with Crippen molar-refractivity contribution >= 4 is 5.78 Å². The molecule has 4 heteroatoms. The van der Waals surface area contributed by atoms with E-state index in [1.165, 1.54) is 0 Å². The number of rotatable bonds is 7. The predicted octanol–water partition coefficient (Wildman–Crippen LogP) is 2.39. The van der Waals surface area contributed by atoms with E-state index in [4.69, 9.17) is 4.74 Å². The van der Waals surface area contributed by atoms with Crippen molar-refractivity contribution in [3.8, 4) is 0 Å². The maximum absolute atomic E-state index is 12.3. The van der Waals surface area contributed by atoms with E-state index in [1.54, 1.807) is 7.11 Å². The fourth-order valence-electron chi connectivity index (χ4n) is 1.91. The van der Waals surface area contributed by atoms with E-state index in [-0.39, 0.29) is 5.78 Å². The van der Waals surface area contributed by atoms with Gasteiger partial charge in [0, 0.05) is 19.3 Å². The van der Waals surface area contributed by atoms with Crippen LogP contribution in [-0.2, 0) is 28.9 Å². The van der Waals surface area contributed by atoms with Gasteiger partial charge >= 0.3 is 0 Å². The number of Topliss-reactive ketones (excluding diaryl/α,β-unsaturated/α-hetero) is 1. The Bertz CT molecular complexity index is 406. The first kappa shape index (κ1) is 14.9. The van der Waals surface area contributed by atoms with E-state index in [2.05, 4.69) is 12.0 Å². The second kappa shape index (κ2) is 6.14. The smallest absolute Gasteiger partial charge is 0.170 e. The van der Waals surface area contributed by atoms with E-state index < -0.39 is 5.60 Å². The highest BCUT2D eigenvalue weighted by Gasteiger charge is 2.31. The number of aromatic nitrogens is 2. The molecule has 0 fully saturated rings. The van der Waals surface area contributed by atoms with E-state index >= 15 is 0 Å². The van der Waals surface area contributed by atoms with Crippen molar-refractivity contribution in [3.63, 3.8) is 0 Å². The van der Waals surface area contributed by atoms with Crippen LogP contribution in [0.5, 0.6) is 0 Å². The summed E-state index contributed by atoms with van der Waals surface area (Å²) in [5.74, 6) is 0.116. The summed E-state index contributed by atoms with van der Waals surface area (Å²) in [4.78, 5) is 12.3. The number of methoxy groups -OCH3 is 1. The Morgan fingerprint density at radius 3 is 2.56 bits per heavy atom. The zero-order valence-electron chi connectivity index (χ0n) is 12.1. The molecule has 0 saturated heterocycles. The molecule has 0 aliphatic heterocycles. The van der Waals surface area contributed by atoms with Gasteiger partial charge in [0.25, 0.3) is 0 Å². The van der Waals surface area contributed by atoms with E-state index in [0.717, 1.165) is 24.4 Å². The quantitative estimate of drug-likeness (QED) is 0.748. The summed E-state index contributed by atoms with van der Waals surface area (Å²) in [6, 6.07) is 2.02. The molecule has 1 atom stereocenters. The number of ketones is 1. The molecule has 0 aliphatic rings. The molecular weight excluding hydrogens is 228 g/mol. The van der Waals surface area contributed by atoms with Gasteiger partial charge in [0.05, 0.1) is 12.1 Å². The van der Waals surface area contributed by atoms with Crippen LogP contribution in [-0.4, -0.2) is 28.3 Å². The highest BCUT2D eigenvalue weighted by molar-refractivity contribution is 5.88. The number of hydrogen-bond donors (Lipinski definition) is 0. The summed E-state index contributed by atoms with van der Waals surface area (Å²) >= 11 is 0. The topological polar surface area (TPSA) is 44.1 Å². The largest absolute Gasteiger partial charge is 0.371 e. The number of hydrogen-bond acceptors (Lipinski definition) is 3. The van der Waals surface area contributed by atoms with Crippen LogP contribution in [0.3, 0.4) is 0 Å². The molecule has 0 N–H and O–H groups in total. The van der Waals surface area contributed by atoms with Gasteiger partial charge in [-0.3, -0.25) is 9.48 Å². The van der Waals surface area contributed by atoms with Crippen molar-refractivity contribution in [2.24, 2.45) is 0 Å². The van der Waals surface area contributed by atoms with Crippen molar-refractivity contribution in [1.29, 1.82) is 0 Å². The normalized spacial score (nSPS) is 14.5. The predicted molar refractivity (Wildman–Crippen MR) is 71.7 cm³/mol. The molecule has 1 unspecified atom stereocenters. The molecule has 0 radical (unpaired) electrons. The van der Waals surface area contributed by atoms with Crippen LogP contribution in [0.1, 0.15) is 45.5 Å². The third kappa shape index (κ3) is 2.99. The fraction of sp³-hybridized carbons (Fsp3) is 0.714. The number of nitrogens with zero attached hydrogens (tertiary/aromatic N) is 2. The van der Waals surface area contributed by atoms with Crippen molar-refractivity contribution in [2.45, 2.75) is 59.1 Å². The zero-order valence-corrected chi connectivity index (χ0v) is 12.1. The van der Waals surface area contributed by atoms with Gasteiger partial charge in [-0.2, -0.15) is 5.10 Å². The Kier molecular flexibility index (Phi) is 5.08. The summed E-state index contributed by atoms with van der Waals surface area (Å²) in [6.07, 6.45) is 1.96. The van der Waals surface area contributed by atoms with Gasteiger partial charge in [-0.15, -0.1) is 0 Å². The lowest BCUT2D eigenvalue weighted by Crippen LogP contribution is -2.38. The Morgan fingerprint density at radius 1 is 1.44 bits per heavy atom. The first-order valence-corrected chi connectivity index (χ1v) is 6.64. The summed E-state index contributed by atoms with van der Waals surface area (Å²) in [5, 5.41) is 4.46. The average molecular weight is 252 g/mol. The zero-order chi connectivity index (χ0) is 13.8. The molecule has 0 aromatic carbocycles. The minimum atomic E-state index is -0.685. The fourth-order valence-corrected chi connectivity index (χ4v) is 1.91. The molecule has 0 bridgehead atoms. The molecule has 1 heterocycles. The molecule has 0 amide bonds. The SMILES string of the molecule is CCc1cc(CC(=O)C(C)(CC)OC)n(CC)n1. The van der Waals surface area contributed by atoms with Crippen molar-refractivity contribution in [2.75, 3.05) is 7.11 Å². The van der Waals surface area contributed by atoms with Gasteiger partial charge in [-0.25, -0.2) is 0 Å². The van der Waals surface area contributed by atoms with E-state index in [1.807, 2.05) is 31.5 Å². The molecule has 4 nitrogen and oxygen atoms in total. The van der Waals surface area contributed by atoms with Crippen molar-refractivity contribution < 1.29 is 9.53 Å². The summed E-state index contributed by atoms with van der Waals surface area (Å²) < 4.78 is 7.25. The highest BCUT2D eigenvalue weighted by Crippen LogP contribution is 2.18. The molecule has 1 rings (SSSR count). The summed E-state index contributed by atoms with van der Waals surface area (Å²) in [7, 11) is 1.59. The molecule has 0 aliphatic carbocycles. The summed E-state index contributed by atoms with van der Waals surface area (Å²) in [6.45, 7) is 8.71. The maximum Gasteiger partial charge on any atom is 0.170 e. The van der Waals surface area contributed by atoms with Gasteiger partial charge < -0.3 is 4.74 Å². The lowest BCUT2D eigenvalue weighted by atomic mass is 9.94. The van der Waals surface area contributed by atoms with Crippen LogP contribution in [0.4, 0.5) is 0 Å². The Hall–Kier alpha value is -1.16. The van der Waals surface area contributed by atoms with E-state index in [0.29, 0.717) is 12.8 Å². The monoisotopic (exact) mass is 252 g/mol. The van der Waals surface area contributed by atoms with Crippen LogP contribution in [0, 0.1) is 0 Å². The Morgan fingerprint density at radius 2 is 2.11 bits per heavy atom. The van der Waals surface area contributed by atoms with Crippen LogP contribution < -0.4 is 0 Å². The van der Waals surface area contributed by atoms with Crippen LogP contribution in [0.2, 0.25) is 0 Å².